The number of urea groups is 1. The highest BCUT2D eigenvalue weighted by atomic mass is 32.2. The van der Waals surface area contributed by atoms with E-state index in [4.69, 9.17) is 10.5 Å². The minimum Gasteiger partial charge on any atom is -0.448 e. The molecule has 0 aliphatic carbocycles. The summed E-state index contributed by atoms with van der Waals surface area (Å²) in [5.74, 6) is -2.15. The molecule has 0 saturated heterocycles. The van der Waals surface area contributed by atoms with Gasteiger partial charge < -0.3 is 10.5 Å². The van der Waals surface area contributed by atoms with Gasteiger partial charge in [-0.1, -0.05) is 33.8 Å². The summed E-state index contributed by atoms with van der Waals surface area (Å²) in [4.78, 5) is 35.5. The molecule has 0 unspecified atom stereocenters. The van der Waals surface area contributed by atoms with E-state index in [9.17, 15) is 22.8 Å². The number of rotatable bonds is 8. The number of esters is 1. The predicted molar refractivity (Wildman–Crippen MR) is 103 cm³/mol. The highest BCUT2D eigenvalue weighted by Crippen LogP contribution is 2.21. The molecule has 10 heteroatoms. The Balaban J connectivity index is 3.24. The van der Waals surface area contributed by atoms with Gasteiger partial charge in [0.1, 0.15) is 0 Å². The van der Waals surface area contributed by atoms with E-state index in [1.54, 1.807) is 34.6 Å². The number of benzene rings is 1. The monoisotopic (exact) mass is 413 g/mol. The number of aryl methyl sites for hydroxylation is 1. The van der Waals surface area contributed by atoms with Crippen LogP contribution >= 0.6 is 0 Å². The number of primary amides is 1. The molecular weight excluding hydrogens is 386 g/mol. The molecule has 1 aromatic rings. The Hall–Kier alpha value is -2.46. The number of hydrogen-bond donors (Lipinski definition) is 2. The fraction of sp³-hybridized carbons (Fsp3) is 0.500. The van der Waals surface area contributed by atoms with E-state index in [1.165, 1.54) is 22.5 Å². The Labute approximate surface area is 165 Å². The number of amides is 3. The molecule has 28 heavy (non-hydrogen) atoms. The summed E-state index contributed by atoms with van der Waals surface area (Å²) in [5, 5.41) is 1.88. The summed E-state index contributed by atoms with van der Waals surface area (Å²) in [6.07, 6.45) is -1.26. The molecule has 9 nitrogen and oxygen atoms in total. The summed E-state index contributed by atoms with van der Waals surface area (Å²) >= 11 is 0. The minimum absolute atomic E-state index is 0.0192. The van der Waals surface area contributed by atoms with Gasteiger partial charge in [0.15, 0.2) is 6.10 Å². The van der Waals surface area contributed by atoms with Gasteiger partial charge in [0, 0.05) is 13.1 Å². The van der Waals surface area contributed by atoms with E-state index in [-0.39, 0.29) is 23.5 Å². The van der Waals surface area contributed by atoms with E-state index in [0.29, 0.717) is 5.56 Å². The SMILES string of the molecule is CCN(CC)S(=O)(=O)c1ccc(C)c(C(=O)O[C@@H](C(=O)NC(N)=O)C(C)C)c1. The van der Waals surface area contributed by atoms with Crippen LogP contribution in [0.2, 0.25) is 0 Å². The second-order valence-electron chi connectivity index (χ2n) is 6.49. The number of carbonyl (C=O) groups excluding carboxylic acids is 3. The molecule has 3 amide bonds. The van der Waals surface area contributed by atoms with Crippen molar-refractivity contribution >= 4 is 27.9 Å². The third kappa shape index (κ3) is 5.52. The van der Waals surface area contributed by atoms with Crippen LogP contribution in [0, 0.1) is 12.8 Å². The van der Waals surface area contributed by atoms with Crippen molar-refractivity contribution in [3.8, 4) is 0 Å². The molecule has 0 fully saturated rings. The molecular formula is C18H27N3O6S. The van der Waals surface area contributed by atoms with Crippen LogP contribution in [0.25, 0.3) is 0 Å². The van der Waals surface area contributed by atoms with Crippen molar-refractivity contribution in [3.05, 3.63) is 29.3 Å². The lowest BCUT2D eigenvalue weighted by Crippen LogP contribution is -2.45. The molecule has 1 rings (SSSR count). The molecule has 0 saturated carbocycles. The van der Waals surface area contributed by atoms with Crippen molar-refractivity contribution in [2.75, 3.05) is 13.1 Å². The van der Waals surface area contributed by atoms with Crippen LogP contribution < -0.4 is 11.1 Å². The van der Waals surface area contributed by atoms with Crippen LogP contribution in [0.15, 0.2) is 23.1 Å². The lowest BCUT2D eigenvalue weighted by Gasteiger charge is -2.21. The van der Waals surface area contributed by atoms with Crippen molar-refractivity contribution < 1.29 is 27.5 Å². The average molecular weight is 413 g/mol. The molecule has 0 heterocycles. The Kier molecular flexibility index (Phi) is 8.13. The summed E-state index contributed by atoms with van der Waals surface area (Å²) in [6, 6.07) is 3.09. The number of carbonyl (C=O) groups is 3. The number of hydrogen-bond acceptors (Lipinski definition) is 6. The molecule has 0 aromatic heterocycles. The maximum Gasteiger partial charge on any atom is 0.339 e. The highest BCUT2D eigenvalue weighted by molar-refractivity contribution is 7.89. The normalized spacial score (nSPS) is 12.7. The van der Waals surface area contributed by atoms with E-state index in [1.807, 2.05) is 5.32 Å². The smallest absolute Gasteiger partial charge is 0.339 e. The number of nitrogens with two attached hydrogens (primary N) is 1. The Bertz CT molecular complexity index is 847. The van der Waals surface area contributed by atoms with E-state index in [0.717, 1.165) is 0 Å². The zero-order valence-electron chi connectivity index (χ0n) is 16.7. The van der Waals surface area contributed by atoms with Crippen LogP contribution in [0.1, 0.15) is 43.6 Å². The van der Waals surface area contributed by atoms with Crippen molar-refractivity contribution in [1.29, 1.82) is 0 Å². The number of nitrogens with one attached hydrogen (secondary N) is 1. The van der Waals surface area contributed by atoms with Crippen LogP contribution in [0.3, 0.4) is 0 Å². The fourth-order valence-electron chi connectivity index (χ4n) is 2.56. The summed E-state index contributed by atoms with van der Waals surface area (Å²) < 4.78 is 31.9. The lowest BCUT2D eigenvalue weighted by atomic mass is 10.1. The van der Waals surface area contributed by atoms with Crippen molar-refractivity contribution in [1.82, 2.24) is 9.62 Å². The Morgan fingerprint density at radius 2 is 1.75 bits per heavy atom. The van der Waals surface area contributed by atoms with E-state index >= 15 is 0 Å². The highest BCUT2D eigenvalue weighted by Gasteiger charge is 2.29. The molecule has 0 aliphatic heterocycles. The van der Waals surface area contributed by atoms with Crippen molar-refractivity contribution in [2.24, 2.45) is 11.7 Å². The van der Waals surface area contributed by atoms with E-state index < -0.39 is 40.0 Å². The quantitative estimate of drug-likeness (QED) is 0.618. The number of ether oxygens (including phenoxy) is 1. The molecule has 1 atom stereocenters. The molecule has 0 aliphatic rings. The number of nitrogens with zero attached hydrogens (tertiary/aromatic N) is 1. The fourth-order valence-corrected chi connectivity index (χ4v) is 4.04. The minimum atomic E-state index is -3.77. The third-order valence-electron chi connectivity index (χ3n) is 4.12. The van der Waals surface area contributed by atoms with Crippen LogP contribution in [0.4, 0.5) is 4.79 Å². The first-order valence-electron chi connectivity index (χ1n) is 8.87. The van der Waals surface area contributed by atoms with Gasteiger partial charge in [-0.3, -0.25) is 10.1 Å². The average Bonchev–Trinajstić information content (AvgIpc) is 2.59. The third-order valence-corrected chi connectivity index (χ3v) is 6.16. The second kappa shape index (κ2) is 9.65. The molecule has 0 bridgehead atoms. The summed E-state index contributed by atoms with van der Waals surface area (Å²) in [7, 11) is -3.77. The van der Waals surface area contributed by atoms with Gasteiger partial charge in [-0.05, 0) is 30.5 Å². The van der Waals surface area contributed by atoms with Gasteiger partial charge in [0.25, 0.3) is 5.91 Å². The maximum atomic E-state index is 12.7. The van der Waals surface area contributed by atoms with Gasteiger partial charge in [-0.25, -0.2) is 18.0 Å². The van der Waals surface area contributed by atoms with Crippen LogP contribution in [-0.2, 0) is 19.6 Å². The standard InChI is InChI=1S/C18H27N3O6S/c1-6-21(7-2)28(25,26)13-9-8-12(5)14(10-13)17(23)27-15(11(3)4)16(22)20-18(19)24/h8-11,15H,6-7H2,1-5H3,(H3,19,20,22,24)/t15-/m1/s1. The Morgan fingerprint density at radius 1 is 1.18 bits per heavy atom. The van der Waals surface area contributed by atoms with Gasteiger partial charge in [0.2, 0.25) is 10.0 Å². The van der Waals surface area contributed by atoms with Crippen molar-refractivity contribution in [3.63, 3.8) is 0 Å². The number of imide groups is 1. The van der Waals surface area contributed by atoms with Gasteiger partial charge in [-0.15, -0.1) is 0 Å². The number of sulfonamides is 1. The molecule has 3 N–H and O–H groups in total. The second-order valence-corrected chi connectivity index (χ2v) is 8.43. The topological polar surface area (TPSA) is 136 Å². The van der Waals surface area contributed by atoms with Gasteiger partial charge in [-0.2, -0.15) is 4.31 Å². The molecule has 156 valence electrons. The van der Waals surface area contributed by atoms with E-state index in [2.05, 4.69) is 0 Å². The van der Waals surface area contributed by atoms with Gasteiger partial charge in [0.05, 0.1) is 10.5 Å². The molecule has 0 radical (unpaired) electrons. The van der Waals surface area contributed by atoms with Crippen LogP contribution in [0.5, 0.6) is 0 Å². The Morgan fingerprint density at radius 3 is 2.21 bits per heavy atom. The predicted octanol–water partition coefficient (Wildman–Crippen LogP) is 1.40. The largest absolute Gasteiger partial charge is 0.448 e. The summed E-state index contributed by atoms with van der Waals surface area (Å²) in [5.41, 5.74) is 5.44. The van der Waals surface area contributed by atoms with Gasteiger partial charge >= 0.3 is 12.0 Å². The first kappa shape index (κ1) is 23.6. The first-order valence-corrected chi connectivity index (χ1v) is 10.3. The first-order chi connectivity index (χ1) is 12.9. The summed E-state index contributed by atoms with van der Waals surface area (Å²) in [6.45, 7) is 8.89. The lowest BCUT2D eigenvalue weighted by molar-refractivity contribution is -0.130. The zero-order valence-corrected chi connectivity index (χ0v) is 17.5. The maximum absolute atomic E-state index is 12.7. The van der Waals surface area contributed by atoms with Crippen molar-refractivity contribution in [2.45, 2.75) is 45.6 Å². The molecule has 1 aromatic carbocycles. The zero-order chi connectivity index (χ0) is 21.6. The molecule has 0 spiro atoms. The van der Waals surface area contributed by atoms with Crippen LogP contribution in [-0.4, -0.2) is 49.8 Å².